The van der Waals surface area contributed by atoms with Gasteiger partial charge in [-0.3, -0.25) is 10.1 Å². The first kappa shape index (κ1) is 11.3. The van der Waals surface area contributed by atoms with Gasteiger partial charge in [0.1, 0.15) is 0 Å². The van der Waals surface area contributed by atoms with Crippen LogP contribution in [0, 0.1) is 10.1 Å². The van der Waals surface area contributed by atoms with Crippen molar-refractivity contribution in [2.45, 2.75) is 5.03 Å². The Hall–Kier alpha value is -0.730. The Kier molecular flexibility index (Phi) is 3.07. The van der Waals surface area contributed by atoms with Crippen LogP contribution in [0.1, 0.15) is 0 Å². The Labute approximate surface area is 91.6 Å². The van der Waals surface area contributed by atoms with Crippen LogP contribution in [0.5, 0.6) is 0 Å². The molecular formula is C5H2BrClN2O4S. The highest BCUT2D eigenvalue weighted by molar-refractivity contribution is 9.10. The van der Waals surface area contributed by atoms with Gasteiger partial charge in [-0.25, -0.2) is 13.4 Å². The lowest BCUT2D eigenvalue weighted by Gasteiger charge is -1.98. The van der Waals surface area contributed by atoms with Crippen LogP contribution in [0.4, 0.5) is 5.69 Å². The minimum atomic E-state index is -4.21. The fraction of sp³-hybridized carbons (Fsp3) is 0. The Balaban J connectivity index is 3.61. The monoisotopic (exact) mass is 300 g/mol. The van der Waals surface area contributed by atoms with Gasteiger partial charge in [0.15, 0.2) is 0 Å². The first-order valence-corrected chi connectivity index (χ1v) is 6.18. The topological polar surface area (TPSA) is 90.2 Å². The Morgan fingerprint density at radius 2 is 2.14 bits per heavy atom. The van der Waals surface area contributed by atoms with E-state index in [1.807, 2.05) is 0 Å². The molecule has 0 aromatic carbocycles. The third-order valence-electron chi connectivity index (χ3n) is 1.25. The van der Waals surface area contributed by atoms with Crippen molar-refractivity contribution >= 4 is 41.4 Å². The van der Waals surface area contributed by atoms with Crippen molar-refractivity contribution in [3.63, 3.8) is 0 Å². The summed E-state index contributed by atoms with van der Waals surface area (Å²) in [5.41, 5.74) is -0.664. The Bertz CT molecular complexity index is 489. The molecule has 0 saturated heterocycles. The molecule has 1 heterocycles. The summed E-state index contributed by atoms with van der Waals surface area (Å²) in [5.74, 6) is 0. The van der Waals surface area contributed by atoms with Crippen LogP contribution >= 0.6 is 26.6 Å². The average molecular weight is 302 g/mol. The van der Waals surface area contributed by atoms with Crippen molar-refractivity contribution in [3.05, 3.63) is 26.9 Å². The maximum Gasteiger partial charge on any atom is 0.321 e. The molecule has 0 aliphatic carbocycles. The fourth-order valence-electron chi connectivity index (χ4n) is 0.756. The summed E-state index contributed by atoms with van der Waals surface area (Å²) in [4.78, 5) is 13.0. The predicted octanol–water partition coefficient (Wildman–Crippen LogP) is 1.68. The van der Waals surface area contributed by atoms with Gasteiger partial charge in [0.05, 0.1) is 9.40 Å². The predicted molar refractivity (Wildman–Crippen MR) is 51.6 cm³/mol. The summed E-state index contributed by atoms with van der Waals surface area (Å²) >= 11 is 2.84. The number of nitro groups is 1. The third kappa shape index (κ3) is 2.20. The van der Waals surface area contributed by atoms with Gasteiger partial charge in [0, 0.05) is 16.9 Å². The summed E-state index contributed by atoms with van der Waals surface area (Å²) < 4.78 is 21.8. The van der Waals surface area contributed by atoms with Crippen LogP contribution < -0.4 is 0 Å². The molecule has 76 valence electrons. The van der Waals surface area contributed by atoms with Gasteiger partial charge in [0.25, 0.3) is 9.05 Å². The first-order valence-electron chi connectivity index (χ1n) is 3.07. The highest BCUT2D eigenvalue weighted by Gasteiger charge is 2.28. The quantitative estimate of drug-likeness (QED) is 0.471. The van der Waals surface area contributed by atoms with Crippen LogP contribution in [0.25, 0.3) is 0 Å². The fourth-order valence-corrected chi connectivity index (χ4v) is 2.28. The number of hydrogen-bond acceptors (Lipinski definition) is 5. The number of pyridine rings is 1. The van der Waals surface area contributed by atoms with Crippen molar-refractivity contribution < 1.29 is 13.3 Å². The summed E-state index contributed by atoms with van der Waals surface area (Å²) in [5, 5.41) is 9.74. The van der Waals surface area contributed by atoms with E-state index in [-0.39, 0.29) is 4.47 Å². The second-order valence-electron chi connectivity index (χ2n) is 2.14. The normalized spacial score (nSPS) is 11.3. The van der Waals surface area contributed by atoms with Crippen LogP contribution in [-0.2, 0) is 9.05 Å². The summed E-state index contributed by atoms with van der Waals surface area (Å²) in [6.45, 7) is 0. The average Bonchev–Trinajstić information content (AvgIpc) is 2.01. The molecule has 0 fully saturated rings. The van der Waals surface area contributed by atoms with E-state index in [1.54, 1.807) is 0 Å². The van der Waals surface area contributed by atoms with E-state index in [4.69, 9.17) is 10.7 Å². The summed E-state index contributed by atoms with van der Waals surface area (Å²) in [6.07, 6.45) is 1.10. The number of aromatic nitrogens is 1. The SMILES string of the molecule is O=[N+]([O-])c1c(Br)ccnc1S(=O)(=O)Cl. The lowest BCUT2D eigenvalue weighted by Crippen LogP contribution is -2.02. The molecule has 0 aliphatic rings. The van der Waals surface area contributed by atoms with E-state index in [9.17, 15) is 18.5 Å². The van der Waals surface area contributed by atoms with Gasteiger partial charge in [-0.05, 0) is 22.0 Å². The number of halogens is 2. The molecule has 0 aliphatic heterocycles. The zero-order valence-corrected chi connectivity index (χ0v) is 9.50. The smallest absolute Gasteiger partial charge is 0.258 e. The summed E-state index contributed by atoms with van der Waals surface area (Å²) in [6, 6.07) is 1.25. The van der Waals surface area contributed by atoms with E-state index in [1.165, 1.54) is 6.07 Å². The van der Waals surface area contributed by atoms with E-state index in [2.05, 4.69) is 20.9 Å². The molecule has 0 spiro atoms. The molecule has 0 bridgehead atoms. The molecule has 1 aromatic rings. The van der Waals surface area contributed by atoms with E-state index < -0.39 is 24.7 Å². The molecule has 0 atom stereocenters. The second kappa shape index (κ2) is 3.79. The van der Waals surface area contributed by atoms with E-state index in [0.29, 0.717) is 0 Å². The molecule has 14 heavy (non-hydrogen) atoms. The molecule has 0 unspecified atom stereocenters. The molecule has 9 heteroatoms. The lowest BCUT2D eigenvalue weighted by atomic mass is 10.4. The largest absolute Gasteiger partial charge is 0.321 e. The highest BCUT2D eigenvalue weighted by Crippen LogP contribution is 2.31. The molecular weight excluding hydrogens is 299 g/mol. The maximum absolute atomic E-state index is 10.9. The zero-order valence-electron chi connectivity index (χ0n) is 6.35. The Morgan fingerprint density at radius 1 is 1.57 bits per heavy atom. The molecule has 0 amide bonds. The van der Waals surface area contributed by atoms with Gasteiger partial charge in [0.2, 0.25) is 5.03 Å². The number of nitrogens with zero attached hydrogens (tertiary/aromatic N) is 2. The standard InChI is InChI=1S/C5H2BrClN2O4S/c6-3-1-2-8-5(14(7,12)13)4(3)9(10)11/h1-2H. The van der Waals surface area contributed by atoms with E-state index in [0.717, 1.165) is 6.20 Å². The van der Waals surface area contributed by atoms with Crippen LogP contribution in [0.2, 0.25) is 0 Å². The van der Waals surface area contributed by atoms with Gasteiger partial charge in [-0.1, -0.05) is 0 Å². The van der Waals surface area contributed by atoms with Gasteiger partial charge >= 0.3 is 5.69 Å². The highest BCUT2D eigenvalue weighted by atomic mass is 79.9. The minimum Gasteiger partial charge on any atom is -0.258 e. The Morgan fingerprint density at radius 3 is 2.50 bits per heavy atom. The van der Waals surface area contributed by atoms with Crippen LogP contribution in [-0.4, -0.2) is 18.3 Å². The maximum atomic E-state index is 10.9. The van der Waals surface area contributed by atoms with Gasteiger partial charge in [-0.15, -0.1) is 0 Å². The lowest BCUT2D eigenvalue weighted by molar-refractivity contribution is -0.389. The van der Waals surface area contributed by atoms with Crippen LogP contribution in [0.3, 0.4) is 0 Å². The van der Waals surface area contributed by atoms with Crippen molar-refractivity contribution in [3.8, 4) is 0 Å². The molecule has 0 radical (unpaired) electrons. The molecule has 6 nitrogen and oxygen atoms in total. The van der Waals surface area contributed by atoms with E-state index >= 15 is 0 Å². The minimum absolute atomic E-state index is 0.0109. The molecule has 0 saturated carbocycles. The number of rotatable bonds is 2. The molecule has 0 N–H and O–H groups in total. The van der Waals surface area contributed by atoms with Gasteiger partial charge < -0.3 is 0 Å². The molecule has 1 aromatic heterocycles. The van der Waals surface area contributed by atoms with Crippen molar-refractivity contribution in [1.29, 1.82) is 0 Å². The van der Waals surface area contributed by atoms with Gasteiger partial charge in [-0.2, -0.15) is 0 Å². The zero-order chi connectivity index (χ0) is 10.9. The second-order valence-corrected chi connectivity index (χ2v) is 5.48. The number of hydrogen-bond donors (Lipinski definition) is 0. The first-order chi connectivity index (χ1) is 6.34. The van der Waals surface area contributed by atoms with Crippen molar-refractivity contribution in [2.24, 2.45) is 0 Å². The van der Waals surface area contributed by atoms with Crippen LogP contribution in [0.15, 0.2) is 21.8 Å². The molecule has 1 rings (SSSR count). The van der Waals surface area contributed by atoms with Crippen molar-refractivity contribution in [1.82, 2.24) is 4.98 Å². The summed E-state index contributed by atoms with van der Waals surface area (Å²) in [7, 11) is 0.753. The third-order valence-corrected chi connectivity index (χ3v) is 3.09. The van der Waals surface area contributed by atoms with Crippen molar-refractivity contribution in [2.75, 3.05) is 0 Å².